The van der Waals surface area contributed by atoms with Crippen LogP contribution in [0.4, 0.5) is 4.39 Å². The van der Waals surface area contributed by atoms with Gasteiger partial charge < -0.3 is 4.57 Å². The van der Waals surface area contributed by atoms with E-state index in [1.165, 1.54) is 35.2 Å². The van der Waals surface area contributed by atoms with Gasteiger partial charge in [0, 0.05) is 35.6 Å². The highest BCUT2D eigenvalue weighted by Crippen LogP contribution is 2.21. The van der Waals surface area contributed by atoms with E-state index < -0.39 is 0 Å². The average molecular weight is 281 g/mol. The number of ketones is 1. The number of halogens is 1. The zero-order valence-corrected chi connectivity index (χ0v) is 11.8. The van der Waals surface area contributed by atoms with E-state index in [4.69, 9.17) is 0 Å². The summed E-state index contributed by atoms with van der Waals surface area (Å²) in [4.78, 5) is 12.1. The Bertz CT molecular complexity index is 787. The Hall–Kier alpha value is -2.42. The number of rotatable bonds is 4. The standard InChI is InChI=1S/C18H16FNO/c1-13-12-20(17-5-3-2-4-16(13)17)11-10-18(21)14-6-8-15(19)9-7-14/h2-9,12H,10-11H2,1H3. The van der Waals surface area contributed by atoms with Crippen LogP contribution >= 0.6 is 0 Å². The second-order valence-corrected chi connectivity index (χ2v) is 5.20. The van der Waals surface area contributed by atoms with Gasteiger partial charge in [0.15, 0.2) is 5.78 Å². The van der Waals surface area contributed by atoms with Crippen LogP contribution in [0.25, 0.3) is 10.9 Å². The summed E-state index contributed by atoms with van der Waals surface area (Å²) < 4.78 is 15.0. The maximum absolute atomic E-state index is 12.9. The zero-order chi connectivity index (χ0) is 14.8. The summed E-state index contributed by atoms with van der Waals surface area (Å²) in [5, 5.41) is 1.21. The van der Waals surface area contributed by atoms with Crippen LogP contribution in [0.2, 0.25) is 0 Å². The quantitative estimate of drug-likeness (QED) is 0.651. The van der Waals surface area contributed by atoms with Crippen molar-refractivity contribution in [2.24, 2.45) is 0 Å². The number of benzene rings is 2. The first-order valence-corrected chi connectivity index (χ1v) is 6.98. The average Bonchev–Trinajstić information content (AvgIpc) is 2.83. The lowest BCUT2D eigenvalue weighted by Gasteiger charge is -2.05. The molecule has 1 heterocycles. The molecule has 2 aromatic carbocycles. The molecule has 0 N–H and O–H groups in total. The maximum Gasteiger partial charge on any atom is 0.164 e. The van der Waals surface area contributed by atoms with Crippen molar-refractivity contribution in [3.63, 3.8) is 0 Å². The molecule has 0 amide bonds. The first kappa shape index (κ1) is 13.6. The lowest BCUT2D eigenvalue weighted by molar-refractivity contribution is 0.0977. The number of aryl methyl sites for hydroxylation is 2. The highest BCUT2D eigenvalue weighted by molar-refractivity contribution is 5.96. The van der Waals surface area contributed by atoms with Gasteiger partial charge in [0.25, 0.3) is 0 Å². The van der Waals surface area contributed by atoms with Gasteiger partial charge in [-0.3, -0.25) is 4.79 Å². The topological polar surface area (TPSA) is 22.0 Å². The van der Waals surface area contributed by atoms with Gasteiger partial charge in [0.05, 0.1) is 0 Å². The Balaban J connectivity index is 1.77. The number of hydrogen-bond donors (Lipinski definition) is 0. The third-order valence-corrected chi connectivity index (χ3v) is 3.73. The van der Waals surface area contributed by atoms with Gasteiger partial charge in [-0.15, -0.1) is 0 Å². The zero-order valence-electron chi connectivity index (χ0n) is 11.8. The van der Waals surface area contributed by atoms with E-state index in [-0.39, 0.29) is 11.6 Å². The number of aromatic nitrogens is 1. The van der Waals surface area contributed by atoms with Crippen LogP contribution in [0.1, 0.15) is 22.3 Å². The third-order valence-electron chi connectivity index (χ3n) is 3.73. The number of nitrogens with zero attached hydrogens (tertiary/aromatic N) is 1. The van der Waals surface area contributed by atoms with Gasteiger partial charge in [-0.05, 0) is 42.8 Å². The Morgan fingerprint density at radius 3 is 2.57 bits per heavy atom. The molecular weight excluding hydrogens is 265 g/mol. The van der Waals surface area contributed by atoms with Crippen LogP contribution < -0.4 is 0 Å². The van der Waals surface area contributed by atoms with Gasteiger partial charge in [0.1, 0.15) is 5.82 Å². The fourth-order valence-corrected chi connectivity index (χ4v) is 2.62. The van der Waals surface area contributed by atoms with Crippen molar-refractivity contribution < 1.29 is 9.18 Å². The molecule has 0 aliphatic carbocycles. The number of fused-ring (bicyclic) bond motifs is 1. The minimum absolute atomic E-state index is 0.0328. The molecule has 3 rings (SSSR count). The molecule has 3 heteroatoms. The van der Waals surface area contributed by atoms with E-state index in [9.17, 15) is 9.18 Å². The Labute approximate surface area is 122 Å². The summed E-state index contributed by atoms with van der Waals surface area (Å²) in [5.74, 6) is -0.288. The molecule has 2 nitrogen and oxygen atoms in total. The highest BCUT2D eigenvalue weighted by atomic mass is 19.1. The fraction of sp³-hybridized carbons (Fsp3) is 0.167. The van der Waals surface area contributed by atoms with Crippen LogP contribution in [-0.4, -0.2) is 10.4 Å². The molecule has 1 aromatic heterocycles. The lowest BCUT2D eigenvalue weighted by Crippen LogP contribution is -2.05. The van der Waals surface area contributed by atoms with Crippen LogP contribution in [0.15, 0.2) is 54.7 Å². The summed E-state index contributed by atoms with van der Waals surface area (Å²) in [7, 11) is 0. The molecule has 0 aliphatic heterocycles. The van der Waals surface area contributed by atoms with E-state index in [2.05, 4.69) is 29.8 Å². The van der Waals surface area contributed by atoms with Crippen LogP contribution in [0, 0.1) is 12.7 Å². The minimum Gasteiger partial charge on any atom is -0.347 e. The van der Waals surface area contributed by atoms with E-state index in [1.807, 2.05) is 12.1 Å². The normalized spacial score (nSPS) is 11.0. The van der Waals surface area contributed by atoms with Crippen molar-refractivity contribution in [2.45, 2.75) is 19.9 Å². The van der Waals surface area contributed by atoms with Crippen LogP contribution in [0.3, 0.4) is 0 Å². The van der Waals surface area contributed by atoms with Crippen molar-refractivity contribution in [3.8, 4) is 0 Å². The largest absolute Gasteiger partial charge is 0.347 e. The number of hydrogen-bond acceptors (Lipinski definition) is 1. The van der Waals surface area contributed by atoms with Crippen LogP contribution in [0.5, 0.6) is 0 Å². The Morgan fingerprint density at radius 2 is 1.81 bits per heavy atom. The first-order chi connectivity index (χ1) is 10.1. The molecule has 0 aliphatic rings. The third kappa shape index (κ3) is 2.72. The molecule has 3 aromatic rings. The number of para-hydroxylation sites is 1. The van der Waals surface area contributed by atoms with E-state index in [0.29, 0.717) is 18.5 Å². The van der Waals surface area contributed by atoms with Crippen molar-refractivity contribution in [1.29, 1.82) is 0 Å². The summed E-state index contributed by atoms with van der Waals surface area (Å²) in [6.07, 6.45) is 2.48. The monoisotopic (exact) mass is 281 g/mol. The molecule has 0 atom stereocenters. The molecule has 0 saturated heterocycles. The molecule has 0 spiro atoms. The van der Waals surface area contributed by atoms with Gasteiger partial charge in [-0.2, -0.15) is 0 Å². The first-order valence-electron chi connectivity index (χ1n) is 6.98. The van der Waals surface area contributed by atoms with Crippen molar-refractivity contribution >= 4 is 16.7 Å². The SMILES string of the molecule is Cc1cn(CCC(=O)c2ccc(F)cc2)c2ccccc12. The Kier molecular flexibility index (Phi) is 3.57. The van der Waals surface area contributed by atoms with Crippen molar-refractivity contribution in [2.75, 3.05) is 0 Å². The summed E-state index contributed by atoms with van der Waals surface area (Å²) >= 11 is 0. The predicted octanol–water partition coefficient (Wildman–Crippen LogP) is 4.36. The molecule has 106 valence electrons. The van der Waals surface area contributed by atoms with Gasteiger partial charge in [-0.1, -0.05) is 18.2 Å². The Morgan fingerprint density at radius 1 is 1.10 bits per heavy atom. The van der Waals surface area contributed by atoms with Crippen molar-refractivity contribution in [3.05, 3.63) is 71.7 Å². The number of Topliss-reactive ketones (excluding diaryl/α,β-unsaturated/α-hetero) is 1. The minimum atomic E-state index is -0.321. The van der Waals surface area contributed by atoms with E-state index in [1.54, 1.807) is 0 Å². The lowest BCUT2D eigenvalue weighted by atomic mass is 10.1. The maximum atomic E-state index is 12.9. The summed E-state index contributed by atoms with van der Waals surface area (Å²) in [6, 6.07) is 13.9. The van der Waals surface area contributed by atoms with Gasteiger partial charge >= 0.3 is 0 Å². The fourth-order valence-electron chi connectivity index (χ4n) is 2.62. The molecular formula is C18H16FNO. The molecule has 0 bridgehead atoms. The van der Waals surface area contributed by atoms with Gasteiger partial charge in [0.2, 0.25) is 0 Å². The highest BCUT2D eigenvalue weighted by Gasteiger charge is 2.09. The van der Waals surface area contributed by atoms with Crippen molar-refractivity contribution in [1.82, 2.24) is 4.57 Å². The second kappa shape index (κ2) is 5.52. The second-order valence-electron chi connectivity index (χ2n) is 5.20. The van der Waals surface area contributed by atoms with E-state index in [0.717, 1.165) is 5.52 Å². The molecule has 21 heavy (non-hydrogen) atoms. The van der Waals surface area contributed by atoms with Crippen LogP contribution in [-0.2, 0) is 6.54 Å². The molecule has 0 saturated carbocycles. The van der Waals surface area contributed by atoms with Gasteiger partial charge in [-0.25, -0.2) is 4.39 Å². The predicted molar refractivity (Wildman–Crippen MR) is 82.0 cm³/mol. The number of carbonyl (C=O) groups excluding carboxylic acids is 1. The summed E-state index contributed by atoms with van der Waals surface area (Å²) in [5.41, 5.74) is 2.91. The molecule has 0 fully saturated rings. The molecule has 0 radical (unpaired) electrons. The van der Waals surface area contributed by atoms with E-state index >= 15 is 0 Å². The smallest absolute Gasteiger partial charge is 0.164 e. The summed E-state index contributed by atoms with van der Waals surface area (Å²) in [6.45, 7) is 2.70. The number of carbonyl (C=O) groups is 1. The molecule has 0 unspecified atom stereocenters.